The van der Waals surface area contributed by atoms with Crippen molar-refractivity contribution in [1.82, 2.24) is 9.88 Å². The lowest BCUT2D eigenvalue weighted by Crippen LogP contribution is -2.39. The number of thiazole rings is 1. The van der Waals surface area contributed by atoms with E-state index in [1.165, 1.54) is 23.1 Å². The van der Waals surface area contributed by atoms with E-state index in [2.05, 4.69) is 18.7 Å². The van der Waals surface area contributed by atoms with Gasteiger partial charge in [-0.2, -0.15) is 0 Å². The molecule has 2 aromatic carbocycles. The molecule has 0 saturated carbocycles. The number of aromatic nitrogens is 1. The van der Waals surface area contributed by atoms with Gasteiger partial charge in [-0.1, -0.05) is 31.3 Å². The van der Waals surface area contributed by atoms with Gasteiger partial charge < -0.3 is 14.4 Å². The summed E-state index contributed by atoms with van der Waals surface area (Å²) in [5.74, 6) is 1.96. The Kier molecular flexibility index (Phi) is 9.20. The molecule has 0 N–H and O–H groups in total. The van der Waals surface area contributed by atoms with Crippen molar-refractivity contribution in [1.29, 1.82) is 0 Å². The van der Waals surface area contributed by atoms with Crippen LogP contribution in [0.1, 0.15) is 20.8 Å². The first-order valence-corrected chi connectivity index (χ1v) is 12.7. The molecule has 32 heavy (non-hydrogen) atoms. The third kappa shape index (κ3) is 6.15. The van der Waals surface area contributed by atoms with Gasteiger partial charge in [0, 0.05) is 18.0 Å². The standard InChI is InChI=1S/C24H31N3O3S2/c1-5-26(6-2)15-16-27(22(28)17-31-19-13-11-18(29-4)12-14-19)24-25-23-20(30-7-3)9-8-10-21(23)32-24/h8-14H,5-7,15-17H2,1-4H3. The molecular formula is C24H31N3O3S2. The van der Waals surface area contributed by atoms with E-state index in [0.717, 1.165) is 51.4 Å². The molecule has 6 nitrogen and oxygen atoms in total. The normalized spacial score (nSPS) is 11.2. The van der Waals surface area contributed by atoms with Crippen LogP contribution in [0.2, 0.25) is 0 Å². The van der Waals surface area contributed by atoms with Gasteiger partial charge in [0.25, 0.3) is 0 Å². The Morgan fingerprint density at radius 1 is 1.06 bits per heavy atom. The lowest BCUT2D eigenvalue weighted by atomic mass is 10.3. The molecule has 0 radical (unpaired) electrons. The van der Waals surface area contributed by atoms with E-state index in [-0.39, 0.29) is 5.91 Å². The Balaban J connectivity index is 1.81. The molecule has 0 bridgehead atoms. The highest BCUT2D eigenvalue weighted by Gasteiger charge is 2.21. The first-order valence-electron chi connectivity index (χ1n) is 10.9. The number of methoxy groups -OCH3 is 1. The van der Waals surface area contributed by atoms with Gasteiger partial charge in [0.15, 0.2) is 5.13 Å². The molecule has 3 aromatic rings. The smallest absolute Gasteiger partial charge is 0.239 e. The average molecular weight is 474 g/mol. The van der Waals surface area contributed by atoms with Crippen LogP contribution in [-0.4, -0.2) is 61.4 Å². The maximum absolute atomic E-state index is 13.3. The lowest BCUT2D eigenvalue weighted by Gasteiger charge is -2.24. The van der Waals surface area contributed by atoms with E-state index >= 15 is 0 Å². The minimum absolute atomic E-state index is 0.0509. The summed E-state index contributed by atoms with van der Waals surface area (Å²) >= 11 is 3.06. The Morgan fingerprint density at radius 3 is 2.47 bits per heavy atom. The highest BCUT2D eigenvalue weighted by Crippen LogP contribution is 2.34. The minimum atomic E-state index is 0.0509. The van der Waals surface area contributed by atoms with Gasteiger partial charge in [-0.05, 0) is 56.4 Å². The fourth-order valence-electron chi connectivity index (χ4n) is 3.30. The van der Waals surface area contributed by atoms with Crippen LogP contribution in [0.25, 0.3) is 10.2 Å². The van der Waals surface area contributed by atoms with Crippen molar-refractivity contribution in [2.24, 2.45) is 0 Å². The third-order valence-electron chi connectivity index (χ3n) is 5.16. The number of hydrogen-bond acceptors (Lipinski definition) is 7. The van der Waals surface area contributed by atoms with E-state index in [0.29, 0.717) is 18.9 Å². The molecule has 0 unspecified atom stereocenters. The molecule has 1 aromatic heterocycles. The van der Waals surface area contributed by atoms with Gasteiger partial charge >= 0.3 is 0 Å². The fourth-order valence-corrected chi connectivity index (χ4v) is 5.10. The predicted octanol–water partition coefficient (Wildman–Crippen LogP) is 5.17. The molecular weight excluding hydrogens is 442 g/mol. The van der Waals surface area contributed by atoms with E-state index < -0.39 is 0 Å². The molecule has 172 valence electrons. The number of nitrogens with zero attached hydrogens (tertiary/aromatic N) is 3. The fraction of sp³-hybridized carbons (Fsp3) is 0.417. The molecule has 0 aliphatic heterocycles. The van der Waals surface area contributed by atoms with Crippen LogP contribution in [-0.2, 0) is 4.79 Å². The Labute approximate surface area is 198 Å². The second-order valence-corrected chi connectivity index (χ2v) is 9.13. The Morgan fingerprint density at radius 2 is 1.81 bits per heavy atom. The number of amides is 1. The zero-order chi connectivity index (χ0) is 22.9. The van der Waals surface area contributed by atoms with Gasteiger partial charge in [0.1, 0.15) is 17.0 Å². The number of carbonyl (C=O) groups excluding carboxylic acids is 1. The van der Waals surface area contributed by atoms with Crippen molar-refractivity contribution in [2.75, 3.05) is 50.5 Å². The number of carbonyl (C=O) groups is 1. The van der Waals surface area contributed by atoms with Crippen molar-refractivity contribution >= 4 is 44.4 Å². The van der Waals surface area contributed by atoms with Gasteiger partial charge in [-0.3, -0.25) is 9.69 Å². The van der Waals surface area contributed by atoms with E-state index in [9.17, 15) is 4.79 Å². The minimum Gasteiger partial charge on any atom is -0.497 e. The highest BCUT2D eigenvalue weighted by atomic mass is 32.2. The Hall–Kier alpha value is -2.29. The number of benzene rings is 2. The van der Waals surface area contributed by atoms with Gasteiger partial charge in [-0.15, -0.1) is 11.8 Å². The van der Waals surface area contributed by atoms with E-state index in [1.54, 1.807) is 7.11 Å². The zero-order valence-corrected chi connectivity index (χ0v) is 20.8. The summed E-state index contributed by atoms with van der Waals surface area (Å²) in [6.45, 7) is 10.1. The molecule has 0 aliphatic rings. The van der Waals surface area contributed by atoms with Gasteiger partial charge in [-0.25, -0.2) is 4.98 Å². The monoisotopic (exact) mass is 473 g/mol. The first kappa shape index (κ1) is 24.4. The van der Waals surface area contributed by atoms with E-state index in [1.807, 2.05) is 54.3 Å². The topological polar surface area (TPSA) is 54.9 Å². The molecule has 0 atom stereocenters. The van der Waals surface area contributed by atoms with Crippen molar-refractivity contribution in [3.05, 3.63) is 42.5 Å². The second kappa shape index (κ2) is 12.1. The van der Waals surface area contributed by atoms with Crippen LogP contribution >= 0.6 is 23.1 Å². The van der Waals surface area contributed by atoms with Crippen LogP contribution in [0.3, 0.4) is 0 Å². The summed E-state index contributed by atoms with van der Waals surface area (Å²) in [5, 5.41) is 0.722. The SMILES string of the molecule is CCOc1cccc2sc(N(CCN(CC)CC)C(=O)CSc3ccc(OC)cc3)nc12. The average Bonchev–Trinajstić information content (AvgIpc) is 3.26. The number of fused-ring (bicyclic) bond motifs is 1. The zero-order valence-electron chi connectivity index (χ0n) is 19.2. The Bertz CT molecular complexity index is 1000. The second-order valence-electron chi connectivity index (χ2n) is 7.07. The van der Waals surface area contributed by atoms with Crippen LogP contribution < -0.4 is 14.4 Å². The van der Waals surface area contributed by atoms with Gasteiger partial charge in [0.05, 0.1) is 24.2 Å². The van der Waals surface area contributed by atoms with Gasteiger partial charge in [0.2, 0.25) is 5.91 Å². The van der Waals surface area contributed by atoms with Crippen molar-refractivity contribution < 1.29 is 14.3 Å². The molecule has 0 fully saturated rings. The number of hydrogen-bond donors (Lipinski definition) is 0. The number of anilines is 1. The van der Waals surface area contributed by atoms with Crippen molar-refractivity contribution in [3.63, 3.8) is 0 Å². The molecule has 1 amide bonds. The molecule has 8 heteroatoms. The predicted molar refractivity (Wildman–Crippen MR) is 135 cm³/mol. The van der Waals surface area contributed by atoms with Crippen LogP contribution in [0, 0.1) is 0 Å². The third-order valence-corrected chi connectivity index (χ3v) is 7.20. The summed E-state index contributed by atoms with van der Waals surface area (Å²) in [4.78, 5) is 23.3. The molecule has 1 heterocycles. The maximum atomic E-state index is 13.3. The number of ether oxygens (including phenoxy) is 2. The summed E-state index contributed by atoms with van der Waals surface area (Å²) < 4.78 is 12.0. The van der Waals surface area contributed by atoms with E-state index in [4.69, 9.17) is 14.5 Å². The number of para-hydroxylation sites is 1. The number of thioether (sulfide) groups is 1. The van der Waals surface area contributed by atoms with Crippen LogP contribution in [0.4, 0.5) is 5.13 Å². The van der Waals surface area contributed by atoms with Crippen LogP contribution in [0.5, 0.6) is 11.5 Å². The molecule has 0 spiro atoms. The lowest BCUT2D eigenvalue weighted by molar-refractivity contribution is -0.116. The van der Waals surface area contributed by atoms with Crippen molar-refractivity contribution in [3.8, 4) is 11.5 Å². The van der Waals surface area contributed by atoms with Crippen LogP contribution in [0.15, 0.2) is 47.4 Å². The maximum Gasteiger partial charge on any atom is 0.239 e. The summed E-state index contributed by atoms with van der Waals surface area (Å²) in [6.07, 6.45) is 0. The molecule has 0 saturated heterocycles. The summed E-state index contributed by atoms with van der Waals surface area (Å²) in [6, 6.07) is 13.7. The molecule has 0 aliphatic carbocycles. The number of rotatable bonds is 12. The quantitative estimate of drug-likeness (QED) is 0.338. The van der Waals surface area contributed by atoms with Crippen molar-refractivity contribution in [2.45, 2.75) is 25.7 Å². The summed E-state index contributed by atoms with van der Waals surface area (Å²) in [5.41, 5.74) is 0.817. The largest absolute Gasteiger partial charge is 0.497 e. The molecule has 3 rings (SSSR count). The first-order chi connectivity index (χ1) is 15.6. The number of likely N-dealkylation sites (N-methyl/N-ethyl adjacent to an activating group) is 1. The summed E-state index contributed by atoms with van der Waals surface area (Å²) in [7, 11) is 1.65. The highest BCUT2D eigenvalue weighted by molar-refractivity contribution is 8.00.